The molecule has 0 fully saturated rings. The highest BCUT2D eigenvalue weighted by Gasteiger charge is 2.07. The Hall–Kier alpha value is -2.30. The number of hydrogen-bond donors (Lipinski definition) is 1. The van der Waals surface area contributed by atoms with E-state index in [9.17, 15) is 4.79 Å². The largest absolute Gasteiger partial charge is 0.492 e. The summed E-state index contributed by atoms with van der Waals surface area (Å²) in [6.45, 7) is 4.93. The molecule has 0 unspecified atom stereocenters. The van der Waals surface area contributed by atoms with E-state index in [0.29, 0.717) is 30.0 Å². The number of carbonyl (C=O) groups is 1. The maximum absolute atomic E-state index is 10.9. The van der Waals surface area contributed by atoms with E-state index >= 15 is 0 Å². The van der Waals surface area contributed by atoms with Crippen molar-refractivity contribution in [2.45, 2.75) is 20.4 Å². The number of aromatic carboxylic acids is 1. The minimum Gasteiger partial charge on any atom is -0.492 e. The molecule has 0 aliphatic heterocycles. The third-order valence-electron chi connectivity index (χ3n) is 2.95. The summed E-state index contributed by atoms with van der Waals surface area (Å²) in [6, 6.07) is 4.98. The van der Waals surface area contributed by atoms with Gasteiger partial charge in [-0.15, -0.1) is 0 Å². The van der Waals surface area contributed by atoms with Crippen molar-refractivity contribution in [1.29, 1.82) is 0 Å². The van der Waals surface area contributed by atoms with E-state index in [0.717, 1.165) is 5.82 Å². The lowest BCUT2D eigenvalue weighted by Crippen LogP contribution is -2.09. The quantitative estimate of drug-likeness (QED) is 0.895. The number of aryl methyl sites for hydroxylation is 2. The van der Waals surface area contributed by atoms with Gasteiger partial charge < -0.3 is 14.4 Å². The van der Waals surface area contributed by atoms with Crippen molar-refractivity contribution in [3.63, 3.8) is 0 Å². The normalized spacial score (nSPS) is 10.4. The second-order valence-corrected chi connectivity index (χ2v) is 4.30. The molecular formula is C14H16N2O3. The SMILES string of the molecule is Cc1cc(OCCn2ccnc2C)ccc1C(=O)O. The first-order valence-electron chi connectivity index (χ1n) is 6.02. The van der Waals surface area contributed by atoms with Gasteiger partial charge in [-0.3, -0.25) is 0 Å². The Morgan fingerprint density at radius 2 is 2.21 bits per heavy atom. The molecule has 1 aromatic heterocycles. The fourth-order valence-electron chi connectivity index (χ4n) is 1.87. The lowest BCUT2D eigenvalue weighted by Gasteiger charge is -2.09. The van der Waals surface area contributed by atoms with Crippen molar-refractivity contribution in [2.24, 2.45) is 0 Å². The molecule has 2 aromatic rings. The molecular weight excluding hydrogens is 244 g/mol. The van der Waals surface area contributed by atoms with Crippen LogP contribution in [0.15, 0.2) is 30.6 Å². The summed E-state index contributed by atoms with van der Waals surface area (Å²) < 4.78 is 7.61. The standard InChI is InChI=1S/C14H16N2O3/c1-10-9-12(3-4-13(10)14(17)18)19-8-7-16-6-5-15-11(16)2/h3-6,9H,7-8H2,1-2H3,(H,17,18). The smallest absolute Gasteiger partial charge is 0.335 e. The highest BCUT2D eigenvalue weighted by molar-refractivity contribution is 5.89. The van der Waals surface area contributed by atoms with Gasteiger partial charge in [-0.05, 0) is 37.6 Å². The summed E-state index contributed by atoms with van der Waals surface area (Å²) in [5, 5.41) is 8.94. The monoisotopic (exact) mass is 260 g/mol. The summed E-state index contributed by atoms with van der Waals surface area (Å²) in [4.78, 5) is 15.0. The first-order valence-corrected chi connectivity index (χ1v) is 6.02. The molecule has 5 heteroatoms. The number of benzene rings is 1. The lowest BCUT2D eigenvalue weighted by molar-refractivity contribution is 0.0696. The lowest BCUT2D eigenvalue weighted by atomic mass is 10.1. The van der Waals surface area contributed by atoms with Crippen LogP contribution in [0.25, 0.3) is 0 Å². The van der Waals surface area contributed by atoms with Gasteiger partial charge in [0.15, 0.2) is 0 Å². The van der Waals surface area contributed by atoms with Crippen LogP contribution in [-0.2, 0) is 6.54 Å². The van der Waals surface area contributed by atoms with Gasteiger partial charge in [-0.2, -0.15) is 0 Å². The number of imidazole rings is 1. The van der Waals surface area contributed by atoms with Gasteiger partial charge in [0.1, 0.15) is 18.2 Å². The molecule has 0 radical (unpaired) electrons. The molecule has 1 heterocycles. The Kier molecular flexibility index (Phi) is 3.85. The molecule has 0 spiro atoms. The topological polar surface area (TPSA) is 64.4 Å². The molecule has 5 nitrogen and oxygen atoms in total. The van der Waals surface area contributed by atoms with Crippen molar-refractivity contribution < 1.29 is 14.6 Å². The number of carboxylic acids is 1. The van der Waals surface area contributed by atoms with Crippen LogP contribution in [0, 0.1) is 13.8 Å². The number of rotatable bonds is 5. The van der Waals surface area contributed by atoms with E-state index < -0.39 is 5.97 Å². The maximum Gasteiger partial charge on any atom is 0.335 e. The van der Waals surface area contributed by atoms with Crippen LogP contribution in [0.5, 0.6) is 5.75 Å². The predicted molar refractivity (Wildman–Crippen MR) is 70.6 cm³/mol. The van der Waals surface area contributed by atoms with Gasteiger partial charge in [0.2, 0.25) is 0 Å². The summed E-state index contributed by atoms with van der Waals surface area (Å²) in [5.41, 5.74) is 1.00. The van der Waals surface area contributed by atoms with Gasteiger partial charge in [0.25, 0.3) is 0 Å². The zero-order valence-electron chi connectivity index (χ0n) is 11.0. The Balaban J connectivity index is 1.95. The van der Waals surface area contributed by atoms with Crippen molar-refractivity contribution in [1.82, 2.24) is 9.55 Å². The fourth-order valence-corrected chi connectivity index (χ4v) is 1.87. The van der Waals surface area contributed by atoms with E-state index in [1.165, 1.54) is 0 Å². The molecule has 1 N–H and O–H groups in total. The van der Waals surface area contributed by atoms with Crippen LogP contribution < -0.4 is 4.74 Å². The van der Waals surface area contributed by atoms with Gasteiger partial charge >= 0.3 is 5.97 Å². The second-order valence-electron chi connectivity index (χ2n) is 4.30. The van der Waals surface area contributed by atoms with Crippen molar-refractivity contribution in [3.8, 4) is 5.75 Å². The molecule has 1 aromatic carbocycles. The Morgan fingerprint density at radius 1 is 1.42 bits per heavy atom. The summed E-state index contributed by atoms with van der Waals surface area (Å²) in [7, 11) is 0. The van der Waals surface area contributed by atoms with Crippen molar-refractivity contribution in [2.75, 3.05) is 6.61 Å². The van der Waals surface area contributed by atoms with Crippen LogP contribution in [-0.4, -0.2) is 27.2 Å². The Labute approximate surface area is 111 Å². The third kappa shape index (κ3) is 3.13. The first-order chi connectivity index (χ1) is 9.08. The highest BCUT2D eigenvalue weighted by atomic mass is 16.5. The summed E-state index contributed by atoms with van der Waals surface area (Å²) in [6.07, 6.45) is 3.65. The van der Waals surface area contributed by atoms with Crippen LogP contribution >= 0.6 is 0 Å². The first kappa shape index (κ1) is 13.1. The fraction of sp³-hybridized carbons (Fsp3) is 0.286. The van der Waals surface area contributed by atoms with Gasteiger partial charge in [0.05, 0.1) is 12.1 Å². The summed E-state index contributed by atoms with van der Waals surface area (Å²) in [5.74, 6) is 0.708. The zero-order valence-corrected chi connectivity index (χ0v) is 11.0. The average Bonchev–Trinajstić information content (AvgIpc) is 2.75. The van der Waals surface area contributed by atoms with Gasteiger partial charge in [0, 0.05) is 12.4 Å². The molecule has 0 aliphatic carbocycles. The van der Waals surface area contributed by atoms with Crippen molar-refractivity contribution >= 4 is 5.97 Å². The predicted octanol–water partition coefficient (Wildman–Crippen LogP) is 2.28. The van der Waals surface area contributed by atoms with Crippen LogP contribution in [0.4, 0.5) is 0 Å². The van der Waals surface area contributed by atoms with Crippen molar-refractivity contribution in [3.05, 3.63) is 47.5 Å². The van der Waals surface area contributed by atoms with Crippen LogP contribution in [0.1, 0.15) is 21.7 Å². The van der Waals surface area contributed by atoms with Crippen LogP contribution in [0.2, 0.25) is 0 Å². The molecule has 0 aliphatic rings. The molecule has 0 bridgehead atoms. The molecule has 2 rings (SSSR count). The van der Waals surface area contributed by atoms with E-state index in [1.807, 2.05) is 17.7 Å². The van der Waals surface area contributed by atoms with Crippen LogP contribution in [0.3, 0.4) is 0 Å². The third-order valence-corrected chi connectivity index (χ3v) is 2.95. The Bertz CT molecular complexity index is 590. The van der Waals surface area contributed by atoms with E-state index in [1.54, 1.807) is 31.3 Å². The second kappa shape index (κ2) is 5.56. The minimum atomic E-state index is -0.918. The zero-order chi connectivity index (χ0) is 13.8. The molecule has 0 saturated heterocycles. The molecule has 19 heavy (non-hydrogen) atoms. The highest BCUT2D eigenvalue weighted by Crippen LogP contribution is 2.17. The van der Waals surface area contributed by atoms with E-state index in [4.69, 9.17) is 9.84 Å². The Morgan fingerprint density at radius 3 is 2.79 bits per heavy atom. The number of hydrogen-bond acceptors (Lipinski definition) is 3. The minimum absolute atomic E-state index is 0.304. The number of aromatic nitrogens is 2. The maximum atomic E-state index is 10.9. The van der Waals surface area contributed by atoms with E-state index in [2.05, 4.69) is 4.98 Å². The molecule has 0 atom stereocenters. The molecule has 0 saturated carbocycles. The number of ether oxygens (including phenoxy) is 1. The number of nitrogens with zero attached hydrogens (tertiary/aromatic N) is 2. The number of carboxylic acid groups (broad SMARTS) is 1. The average molecular weight is 260 g/mol. The summed E-state index contributed by atoms with van der Waals surface area (Å²) >= 11 is 0. The molecule has 100 valence electrons. The molecule has 0 amide bonds. The van der Waals surface area contributed by atoms with E-state index in [-0.39, 0.29) is 0 Å². The van der Waals surface area contributed by atoms with Gasteiger partial charge in [-0.1, -0.05) is 0 Å². The van der Waals surface area contributed by atoms with Gasteiger partial charge in [-0.25, -0.2) is 9.78 Å².